The normalized spacial score (nSPS) is 12.7. The molecule has 1 aromatic carbocycles. The molecule has 0 aliphatic carbocycles. The third kappa shape index (κ3) is 6.91. The lowest BCUT2D eigenvalue weighted by Gasteiger charge is -2.20. The van der Waals surface area contributed by atoms with Crippen LogP contribution in [0.4, 0.5) is 0 Å². The molecule has 0 aliphatic heterocycles. The summed E-state index contributed by atoms with van der Waals surface area (Å²) >= 11 is 3.30. The van der Waals surface area contributed by atoms with Crippen LogP contribution in [-0.2, 0) is 11.3 Å². The van der Waals surface area contributed by atoms with Crippen LogP contribution < -0.4 is 0 Å². The molecule has 0 spiro atoms. The van der Waals surface area contributed by atoms with Gasteiger partial charge in [-0.25, -0.2) is 0 Å². The van der Waals surface area contributed by atoms with E-state index in [4.69, 9.17) is 4.74 Å². The largest absolute Gasteiger partial charge is 0.389 e. The van der Waals surface area contributed by atoms with Gasteiger partial charge in [0.1, 0.15) is 0 Å². The lowest BCUT2D eigenvalue weighted by Crippen LogP contribution is -2.32. The van der Waals surface area contributed by atoms with Crippen LogP contribution in [-0.4, -0.2) is 42.9 Å². The molecule has 1 N–H and O–H groups in total. The van der Waals surface area contributed by atoms with Crippen molar-refractivity contribution in [1.29, 1.82) is 0 Å². The third-order valence-corrected chi connectivity index (χ3v) is 2.64. The van der Waals surface area contributed by atoms with Gasteiger partial charge in [-0.05, 0) is 12.6 Å². The summed E-state index contributed by atoms with van der Waals surface area (Å²) in [6.45, 7) is 5.93. The molecule has 18 heavy (non-hydrogen) atoms. The lowest BCUT2D eigenvalue weighted by molar-refractivity contribution is 0.0151. The molecule has 1 atom stereocenters. The zero-order valence-corrected chi connectivity index (χ0v) is 12.3. The lowest BCUT2D eigenvalue weighted by atomic mass is 10.2. The fraction of sp³-hybridized carbons (Fsp3) is 0.429. The molecule has 0 aromatic heterocycles. The van der Waals surface area contributed by atoms with Gasteiger partial charge in [0, 0.05) is 17.6 Å². The summed E-state index contributed by atoms with van der Waals surface area (Å²) in [6, 6.07) is 9.94. The highest BCUT2D eigenvalue weighted by Gasteiger charge is 2.08. The van der Waals surface area contributed by atoms with Gasteiger partial charge in [0.25, 0.3) is 0 Å². The van der Waals surface area contributed by atoms with E-state index in [-0.39, 0.29) is 0 Å². The van der Waals surface area contributed by atoms with Gasteiger partial charge in [0.15, 0.2) is 0 Å². The van der Waals surface area contributed by atoms with Gasteiger partial charge in [-0.2, -0.15) is 0 Å². The Hall–Kier alpha value is -0.680. The maximum absolute atomic E-state index is 9.80. The van der Waals surface area contributed by atoms with E-state index >= 15 is 0 Å². The smallest absolute Gasteiger partial charge is 0.0900 e. The summed E-state index contributed by atoms with van der Waals surface area (Å²) < 4.78 is 6.38. The highest BCUT2D eigenvalue weighted by Crippen LogP contribution is 2.04. The van der Waals surface area contributed by atoms with Crippen molar-refractivity contribution in [2.75, 3.05) is 26.7 Å². The van der Waals surface area contributed by atoms with E-state index in [1.807, 2.05) is 42.3 Å². The molecule has 4 heteroatoms. The van der Waals surface area contributed by atoms with Crippen molar-refractivity contribution >= 4 is 15.9 Å². The minimum absolute atomic E-state index is 0.341. The maximum Gasteiger partial charge on any atom is 0.0900 e. The van der Waals surface area contributed by atoms with Gasteiger partial charge in [-0.1, -0.05) is 52.8 Å². The quantitative estimate of drug-likeness (QED) is 0.800. The summed E-state index contributed by atoms with van der Waals surface area (Å²) in [7, 11) is 1.94. The Morgan fingerprint density at radius 1 is 1.44 bits per heavy atom. The first kappa shape index (κ1) is 15.4. The van der Waals surface area contributed by atoms with E-state index in [0.717, 1.165) is 16.6 Å². The topological polar surface area (TPSA) is 32.7 Å². The summed E-state index contributed by atoms with van der Waals surface area (Å²) in [5.74, 6) is 0. The minimum atomic E-state index is -0.481. The Balaban J connectivity index is 2.17. The van der Waals surface area contributed by atoms with Crippen molar-refractivity contribution in [2.45, 2.75) is 12.7 Å². The Bertz CT molecular complexity index is 356. The van der Waals surface area contributed by atoms with Crippen molar-refractivity contribution in [2.24, 2.45) is 0 Å². The molecule has 0 saturated heterocycles. The van der Waals surface area contributed by atoms with Crippen molar-refractivity contribution in [1.82, 2.24) is 4.90 Å². The second-order valence-electron chi connectivity index (χ2n) is 4.37. The van der Waals surface area contributed by atoms with Gasteiger partial charge in [-0.15, -0.1) is 0 Å². The van der Waals surface area contributed by atoms with Crippen LogP contribution >= 0.6 is 15.9 Å². The third-order valence-electron chi connectivity index (χ3n) is 2.39. The monoisotopic (exact) mass is 313 g/mol. The summed E-state index contributed by atoms with van der Waals surface area (Å²) in [5, 5.41) is 9.80. The number of hydrogen-bond donors (Lipinski definition) is 1. The molecule has 100 valence electrons. The number of aliphatic hydroxyl groups excluding tert-OH is 1. The number of aliphatic hydroxyl groups is 1. The molecule has 0 heterocycles. The Labute approximate surface area is 117 Å². The zero-order valence-electron chi connectivity index (χ0n) is 10.7. The standard InChI is InChI=1S/C14H20BrNO2/c1-12(15)8-16(2)9-14(17)11-18-10-13-6-4-3-5-7-13/h3-7,14,17H,1,8-11H2,2H3. The van der Waals surface area contributed by atoms with Crippen LogP contribution in [0.3, 0.4) is 0 Å². The first-order chi connectivity index (χ1) is 8.58. The van der Waals surface area contributed by atoms with E-state index in [9.17, 15) is 5.11 Å². The predicted molar refractivity (Wildman–Crippen MR) is 77.7 cm³/mol. The Kier molecular flexibility index (Phi) is 7.20. The molecule has 0 saturated carbocycles. The van der Waals surface area contributed by atoms with E-state index < -0.39 is 6.10 Å². The zero-order chi connectivity index (χ0) is 13.4. The van der Waals surface area contributed by atoms with E-state index in [0.29, 0.717) is 19.8 Å². The second kappa shape index (κ2) is 8.43. The number of halogens is 1. The SMILES string of the molecule is C=C(Br)CN(C)CC(O)COCc1ccccc1. The van der Waals surface area contributed by atoms with E-state index in [2.05, 4.69) is 22.5 Å². The first-order valence-corrected chi connectivity index (χ1v) is 6.69. The molecule has 1 aromatic rings. The number of likely N-dealkylation sites (N-methyl/N-ethyl adjacent to an activating group) is 1. The maximum atomic E-state index is 9.80. The predicted octanol–water partition coefficient (Wildman–Crippen LogP) is 2.40. The molecule has 0 aliphatic rings. The molecular weight excluding hydrogens is 294 g/mol. The van der Waals surface area contributed by atoms with Crippen molar-refractivity contribution in [3.63, 3.8) is 0 Å². The molecular formula is C14H20BrNO2. The Morgan fingerprint density at radius 3 is 2.72 bits per heavy atom. The number of rotatable bonds is 8. The van der Waals surface area contributed by atoms with Crippen LogP contribution in [0.1, 0.15) is 5.56 Å². The van der Waals surface area contributed by atoms with Crippen LogP contribution in [0, 0.1) is 0 Å². The molecule has 0 radical (unpaired) electrons. The fourth-order valence-corrected chi connectivity index (χ4v) is 2.09. The summed E-state index contributed by atoms with van der Waals surface area (Å²) in [5.41, 5.74) is 1.12. The van der Waals surface area contributed by atoms with Crippen molar-refractivity contribution < 1.29 is 9.84 Å². The van der Waals surface area contributed by atoms with Gasteiger partial charge in [-0.3, -0.25) is 4.90 Å². The van der Waals surface area contributed by atoms with Crippen molar-refractivity contribution in [3.8, 4) is 0 Å². The molecule has 1 unspecified atom stereocenters. The van der Waals surface area contributed by atoms with E-state index in [1.165, 1.54) is 0 Å². The molecule has 1 rings (SSSR count). The van der Waals surface area contributed by atoms with Crippen LogP contribution in [0.15, 0.2) is 41.4 Å². The minimum Gasteiger partial charge on any atom is -0.389 e. The molecule has 0 fully saturated rings. The highest BCUT2D eigenvalue weighted by molar-refractivity contribution is 9.11. The highest BCUT2D eigenvalue weighted by atomic mass is 79.9. The average Bonchev–Trinajstić information content (AvgIpc) is 2.29. The van der Waals surface area contributed by atoms with Crippen molar-refractivity contribution in [3.05, 3.63) is 47.0 Å². The van der Waals surface area contributed by atoms with Crippen LogP contribution in [0.5, 0.6) is 0 Å². The number of ether oxygens (including phenoxy) is 1. The molecule has 0 bridgehead atoms. The number of hydrogen-bond acceptors (Lipinski definition) is 3. The second-order valence-corrected chi connectivity index (χ2v) is 5.49. The van der Waals surface area contributed by atoms with Crippen LogP contribution in [0.25, 0.3) is 0 Å². The van der Waals surface area contributed by atoms with Gasteiger partial charge in [0.05, 0.1) is 19.3 Å². The summed E-state index contributed by atoms with van der Waals surface area (Å²) in [4.78, 5) is 1.99. The van der Waals surface area contributed by atoms with Gasteiger partial charge in [0.2, 0.25) is 0 Å². The van der Waals surface area contributed by atoms with Gasteiger partial charge >= 0.3 is 0 Å². The number of benzene rings is 1. The molecule has 3 nitrogen and oxygen atoms in total. The van der Waals surface area contributed by atoms with Crippen LogP contribution in [0.2, 0.25) is 0 Å². The number of nitrogens with zero attached hydrogens (tertiary/aromatic N) is 1. The molecule has 0 amide bonds. The summed E-state index contributed by atoms with van der Waals surface area (Å²) in [6.07, 6.45) is -0.481. The Morgan fingerprint density at radius 2 is 2.11 bits per heavy atom. The first-order valence-electron chi connectivity index (χ1n) is 5.89. The van der Waals surface area contributed by atoms with E-state index in [1.54, 1.807) is 0 Å². The fourth-order valence-electron chi connectivity index (χ4n) is 1.66. The van der Waals surface area contributed by atoms with Gasteiger partial charge < -0.3 is 9.84 Å². The average molecular weight is 314 g/mol.